The molecular weight excluding hydrogens is 252 g/mol. The van der Waals surface area contributed by atoms with Gasteiger partial charge in [-0.2, -0.15) is 0 Å². The summed E-state index contributed by atoms with van der Waals surface area (Å²) in [6.07, 6.45) is 7.01. The van der Waals surface area contributed by atoms with Gasteiger partial charge in [-0.25, -0.2) is 0 Å². The minimum atomic E-state index is 0.235. The molecule has 0 amide bonds. The third-order valence-electron chi connectivity index (χ3n) is 4.95. The van der Waals surface area contributed by atoms with E-state index in [1.54, 1.807) is 16.7 Å². The van der Waals surface area contributed by atoms with E-state index in [0.29, 0.717) is 0 Å². The molecule has 0 radical (unpaired) electrons. The number of benzene rings is 1. The molecule has 0 unspecified atom stereocenters. The van der Waals surface area contributed by atoms with Gasteiger partial charge in [0.15, 0.2) is 0 Å². The van der Waals surface area contributed by atoms with E-state index in [1.165, 1.54) is 37.7 Å². The quantitative estimate of drug-likeness (QED) is 0.543. The summed E-state index contributed by atoms with van der Waals surface area (Å²) in [5.41, 5.74) is 6.78. The SMILES string of the molecule is Cc1cc(C(C)(C)C)c(C2CCCCC2)c(C(C)(C)C)c1. The molecular formula is C21H34. The van der Waals surface area contributed by atoms with E-state index in [1.807, 2.05) is 0 Å². The Balaban J connectivity index is 2.66. The first-order valence-electron chi connectivity index (χ1n) is 8.76. The van der Waals surface area contributed by atoms with Crippen molar-refractivity contribution in [1.29, 1.82) is 0 Å². The monoisotopic (exact) mass is 286 g/mol. The predicted molar refractivity (Wildman–Crippen MR) is 94.4 cm³/mol. The second-order valence-corrected chi connectivity index (χ2v) is 9.11. The molecule has 2 rings (SSSR count). The minimum Gasteiger partial charge on any atom is -0.0561 e. The van der Waals surface area contributed by atoms with E-state index in [0.717, 1.165) is 5.92 Å². The molecule has 0 nitrogen and oxygen atoms in total. The Morgan fingerprint density at radius 2 is 1.19 bits per heavy atom. The van der Waals surface area contributed by atoms with Gasteiger partial charge in [0.05, 0.1) is 0 Å². The average molecular weight is 287 g/mol. The Kier molecular flexibility index (Phi) is 4.57. The van der Waals surface area contributed by atoms with Crippen LogP contribution in [0.5, 0.6) is 0 Å². The van der Waals surface area contributed by atoms with Gasteiger partial charge in [0.2, 0.25) is 0 Å². The van der Waals surface area contributed by atoms with Gasteiger partial charge in [0.1, 0.15) is 0 Å². The molecule has 118 valence electrons. The summed E-state index contributed by atoms with van der Waals surface area (Å²) in [6.45, 7) is 16.5. The molecule has 0 bridgehead atoms. The lowest BCUT2D eigenvalue weighted by Gasteiger charge is -2.36. The van der Waals surface area contributed by atoms with Gasteiger partial charge in [-0.05, 0) is 53.2 Å². The van der Waals surface area contributed by atoms with Gasteiger partial charge >= 0.3 is 0 Å². The fourth-order valence-corrected chi connectivity index (χ4v) is 3.87. The lowest BCUT2D eigenvalue weighted by atomic mass is 9.69. The normalized spacial score (nSPS) is 18.0. The van der Waals surface area contributed by atoms with Crippen LogP contribution in [-0.2, 0) is 10.8 Å². The zero-order valence-electron chi connectivity index (χ0n) is 15.3. The summed E-state index contributed by atoms with van der Waals surface area (Å²) in [5.74, 6) is 0.780. The summed E-state index contributed by atoms with van der Waals surface area (Å²) >= 11 is 0. The largest absolute Gasteiger partial charge is 0.0561 e. The predicted octanol–water partition coefficient (Wildman–Crippen LogP) is 6.64. The Morgan fingerprint density at radius 1 is 0.762 bits per heavy atom. The second-order valence-electron chi connectivity index (χ2n) is 9.11. The van der Waals surface area contributed by atoms with Gasteiger partial charge in [-0.1, -0.05) is 78.5 Å². The van der Waals surface area contributed by atoms with Crippen LogP contribution in [0.25, 0.3) is 0 Å². The maximum absolute atomic E-state index is 2.46. The van der Waals surface area contributed by atoms with Crippen molar-refractivity contribution < 1.29 is 0 Å². The number of hydrogen-bond donors (Lipinski definition) is 0. The third-order valence-corrected chi connectivity index (χ3v) is 4.95. The molecule has 1 fully saturated rings. The van der Waals surface area contributed by atoms with Crippen LogP contribution in [0.3, 0.4) is 0 Å². The minimum absolute atomic E-state index is 0.235. The third kappa shape index (κ3) is 3.71. The summed E-state index contributed by atoms with van der Waals surface area (Å²) in [4.78, 5) is 0. The van der Waals surface area contributed by atoms with Crippen LogP contribution < -0.4 is 0 Å². The van der Waals surface area contributed by atoms with Crippen LogP contribution in [-0.4, -0.2) is 0 Å². The maximum Gasteiger partial charge on any atom is -0.0129 e. The van der Waals surface area contributed by atoms with E-state index in [4.69, 9.17) is 0 Å². The summed E-state index contributed by atoms with van der Waals surface area (Å²) < 4.78 is 0. The first-order valence-corrected chi connectivity index (χ1v) is 8.76. The van der Waals surface area contributed by atoms with Gasteiger partial charge in [-0.3, -0.25) is 0 Å². The van der Waals surface area contributed by atoms with Gasteiger partial charge in [-0.15, -0.1) is 0 Å². The molecule has 1 aromatic carbocycles. The highest BCUT2D eigenvalue weighted by Crippen LogP contribution is 2.44. The van der Waals surface area contributed by atoms with Crippen molar-refractivity contribution in [3.8, 4) is 0 Å². The molecule has 0 aliphatic heterocycles. The van der Waals surface area contributed by atoms with Gasteiger partial charge in [0.25, 0.3) is 0 Å². The zero-order valence-corrected chi connectivity index (χ0v) is 15.3. The maximum atomic E-state index is 2.46. The molecule has 1 saturated carbocycles. The van der Waals surface area contributed by atoms with E-state index in [-0.39, 0.29) is 10.8 Å². The molecule has 0 atom stereocenters. The first kappa shape index (κ1) is 16.6. The van der Waals surface area contributed by atoms with Crippen molar-refractivity contribution >= 4 is 0 Å². The molecule has 1 aliphatic rings. The van der Waals surface area contributed by atoms with Crippen LogP contribution in [0, 0.1) is 6.92 Å². The molecule has 1 aromatic rings. The van der Waals surface area contributed by atoms with Crippen molar-refractivity contribution in [2.24, 2.45) is 0 Å². The molecule has 0 heteroatoms. The Morgan fingerprint density at radius 3 is 1.57 bits per heavy atom. The number of hydrogen-bond acceptors (Lipinski definition) is 0. The van der Waals surface area contributed by atoms with Crippen molar-refractivity contribution in [3.05, 3.63) is 34.4 Å². The lowest BCUT2D eigenvalue weighted by Crippen LogP contribution is -2.24. The van der Waals surface area contributed by atoms with E-state index >= 15 is 0 Å². The summed E-state index contributed by atoms with van der Waals surface area (Å²) in [5, 5.41) is 0. The van der Waals surface area contributed by atoms with E-state index < -0.39 is 0 Å². The molecule has 21 heavy (non-hydrogen) atoms. The standard InChI is InChI=1S/C21H34/c1-15-13-17(20(2,3)4)19(16-11-9-8-10-12-16)18(14-15)21(5,6)7/h13-14,16H,8-12H2,1-7H3. The molecule has 0 saturated heterocycles. The van der Waals surface area contributed by atoms with Crippen LogP contribution in [0.15, 0.2) is 12.1 Å². The molecule has 0 N–H and O–H groups in total. The first-order chi connectivity index (χ1) is 9.60. The van der Waals surface area contributed by atoms with Gasteiger partial charge in [0, 0.05) is 0 Å². The van der Waals surface area contributed by atoms with Crippen LogP contribution in [0.1, 0.15) is 102 Å². The Bertz CT molecular complexity index is 453. The van der Waals surface area contributed by atoms with Crippen molar-refractivity contribution in [2.75, 3.05) is 0 Å². The highest BCUT2D eigenvalue weighted by molar-refractivity contribution is 5.47. The fourth-order valence-electron chi connectivity index (χ4n) is 3.87. The fraction of sp³-hybridized carbons (Fsp3) is 0.714. The van der Waals surface area contributed by atoms with Crippen molar-refractivity contribution in [3.63, 3.8) is 0 Å². The topological polar surface area (TPSA) is 0 Å². The lowest BCUT2D eigenvalue weighted by molar-refractivity contribution is 0.425. The Labute approximate surface area is 132 Å². The van der Waals surface area contributed by atoms with Crippen LogP contribution in [0.2, 0.25) is 0 Å². The summed E-state index contributed by atoms with van der Waals surface area (Å²) in [6, 6.07) is 4.92. The molecule has 0 aromatic heterocycles. The van der Waals surface area contributed by atoms with Crippen LogP contribution in [0.4, 0.5) is 0 Å². The number of rotatable bonds is 1. The van der Waals surface area contributed by atoms with Gasteiger partial charge < -0.3 is 0 Å². The molecule has 0 spiro atoms. The average Bonchev–Trinajstić information content (AvgIpc) is 2.36. The zero-order chi connectivity index (χ0) is 15.8. The van der Waals surface area contributed by atoms with E-state index in [9.17, 15) is 0 Å². The van der Waals surface area contributed by atoms with Crippen molar-refractivity contribution in [1.82, 2.24) is 0 Å². The molecule has 1 aliphatic carbocycles. The number of aryl methyl sites for hydroxylation is 1. The van der Waals surface area contributed by atoms with Crippen molar-refractivity contribution in [2.45, 2.75) is 97.3 Å². The summed E-state index contributed by atoms with van der Waals surface area (Å²) in [7, 11) is 0. The Hall–Kier alpha value is -0.780. The van der Waals surface area contributed by atoms with E-state index in [2.05, 4.69) is 60.6 Å². The smallest absolute Gasteiger partial charge is 0.0129 e. The highest BCUT2D eigenvalue weighted by atomic mass is 14.3. The molecule has 0 heterocycles. The van der Waals surface area contributed by atoms with Crippen LogP contribution >= 0.6 is 0 Å². The highest BCUT2D eigenvalue weighted by Gasteiger charge is 2.30. The second kappa shape index (κ2) is 5.78.